The first kappa shape index (κ1) is 23.1. The number of hydrogen-bond donors (Lipinski definition) is 3. The highest BCUT2D eigenvalue weighted by molar-refractivity contribution is 5.97. The van der Waals surface area contributed by atoms with Crippen molar-refractivity contribution in [2.45, 2.75) is 20.4 Å². The molecule has 9 nitrogen and oxygen atoms in total. The van der Waals surface area contributed by atoms with E-state index in [2.05, 4.69) is 25.4 Å². The van der Waals surface area contributed by atoms with Crippen LogP contribution in [0.4, 0.5) is 0 Å². The number of nitrogens with zero attached hydrogens (tertiary/aromatic N) is 4. The molecule has 0 bridgehead atoms. The Kier molecular flexibility index (Phi) is 6.12. The van der Waals surface area contributed by atoms with Crippen LogP contribution in [0.1, 0.15) is 21.7 Å². The van der Waals surface area contributed by atoms with Crippen LogP contribution in [0.15, 0.2) is 60.8 Å². The van der Waals surface area contributed by atoms with Crippen LogP contribution in [0.25, 0.3) is 33.5 Å². The SMILES string of the molecule is COc1ncccc1-c1ccc(O)c(-c2nc3cc(C(=O)NCCn4nc(C)cc4C)ccc3[nH]2)c1. The molecular weight excluding hydrogens is 456 g/mol. The molecule has 0 atom stereocenters. The molecule has 0 saturated carbocycles. The van der Waals surface area contributed by atoms with E-state index in [-0.39, 0.29) is 11.7 Å². The molecule has 0 fully saturated rings. The molecule has 2 aromatic carbocycles. The number of carbonyl (C=O) groups is 1. The molecule has 0 radical (unpaired) electrons. The van der Waals surface area contributed by atoms with Crippen molar-refractivity contribution >= 4 is 16.9 Å². The van der Waals surface area contributed by atoms with E-state index in [4.69, 9.17) is 4.74 Å². The number of H-pyrrole nitrogens is 1. The minimum absolute atomic E-state index is 0.0859. The molecule has 182 valence electrons. The van der Waals surface area contributed by atoms with Gasteiger partial charge in [-0.25, -0.2) is 9.97 Å². The number of aryl methyl sites for hydroxylation is 2. The van der Waals surface area contributed by atoms with Crippen molar-refractivity contribution in [1.29, 1.82) is 0 Å². The van der Waals surface area contributed by atoms with Gasteiger partial charge in [0, 0.05) is 29.6 Å². The van der Waals surface area contributed by atoms with Gasteiger partial charge in [-0.3, -0.25) is 9.48 Å². The van der Waals surface area contributed by atoms with Crippen molar-refractivity contribution in [2.75, 3.05) is 13.7 Å². The number of pyridine rings is 1. The van der Waals surface area contributed by atoms with Crippen LogP contribution in [0.5, 0.6) is 11.6 Å². The van der Waals surface area contributed by atoms with E-state index in [1.807, 2.05) is 48.9 Å². The Morgan fingerprint density at radius 2 is 1.97 bits per heavy atom. The number of rotatable bonds is 7. The van der Waals surface area contributed by atoms with Gasteiger partial charge in [0.15, 0.2) is 0 Å². The van der Waals surface area contributed by atoms with Crippen LogP contribution in [0.2, 0.25) is 0 Å². The Hall–Kier alpha value is -4.66. The summed E-state index contributed by atoms with van der Waals surface area (Å²) in [6.07, 6.45) is 1.66. The zero-order valence-electron chi connectivity index (χ0n) is 20.2. The minimum Gasteiger partial charge on any atom is -0.507 e. The molecule has 0 spiro atoms. The van der Waals surface area contributed by atoms with E-state index in [9.17, 15) is 9.90 Å². The van der Waals surface area contributed by atoms with Crippen molar-refractivity contribution in [1.82, 2.24) is 30.0 Å². The lowest BCUT2D eigenvalue weighted by Crippen LogP contribution is -2.27. The number of ether oxygens (including phenoxy) is 1. The summed E-state index contributed by atoms with van der Waals surface area (Å²) in [5.41, 5.74) is 6.06. The van der Waals surface area contributed by atoms with Gasteiger partial charge in [-0.1, -0.05) is 6.07 Å². The predicted octanol–water partition coefficient (Wildman–Crippen LogP) is 4.25. The third kappa shape index (κ3) is 4.50. The van der Waals surface area contributed by atoms with E-state index < -0.39 is 0 Å². The lowest BCUT2D eigenvalue weighted by molar-refractivity contribution is 0.0952. The van der Waals surface area contributed by atoms with E-state index >= 15 is 0 Å². The lowest BCUT2D eigenvalue weighted by atomic mass is 10.0. The van der Waals surface area contributed by atoms with Crippen molar-refractivity contribution in [3.05, 3.63) is 77.7 Å². The molecule has 0 aliphatic carbocycles. The zero-order chi connectivity index (χ0) is 25.2. The highest BCUT2D eigenvalue weighted by Gasteiger charge is 2.15. The van der Waals surface area contributed by atoms with E-state index in [1.165, 1.54) is 0 Å². The van der Waals surface area contributed by atoms with E-state index in [1.54, 1.807) is 37.6 Å². The summed E-state index contributed by atoms with van der Waals surface area (Å²) < 4.78 is 7.25. The summed E-state index contributed by atoms with van der Waals surface area (Å²) in [6, 6.07) is 16.3. The summed E-state index contributed by atoms with van der Waals surface area (Å²) in [5, 5.41) is 17.9. The maximum Gasteiger partial charge on any atom is 0.251 e. The Labute approximate surface area is 207 Å². The fourth-order valence-corrected chi connectivity index (χ4v) is 4.22. The number of nitrogens with one attached hydrogen (secondary N) is 2. The van der Waals surface area contributed by atoms with E-state index in [0.29, 0.717) is 41.4 Å². The van der Waals surface area contributed by atoms with Gasteiger partial charge >= 0.3 is 0 Å². The standard InChI is InChI=1S/C27H26N6O3/c1-16-13-17(2)33(32-16)12-11-28-26(35)19-6-8-22-23(15-19)31-25(30-22)21-14-18(7-9-24(21)34)20-5-4-10-29-27(20)36-3/h4-10,13-15,34H,11-12H2,1-3H3,(H,28,35)(H,30,31). The number of hydrogen-bond acceptors (Lipinski definition) is 6. The van der Waals surface area contributed by atoms with Crippen LogP contribution < -0.4 is 10.1 Å². The molecule has 0 aliphatic rings. The molecule has 1 amide bonds. The average molecular weight is 483 g/mol. The second-order valence-corrected chi connectivity index (χ2v) is 8.52. The quantitative estimate of drug-likeness (QED) is 0.319. The van der Waals surface area contributed by atoms with Crippen LogP contribution >= 0.6 is 0 Å². The van der Waals surface area contributed by atoms with Crippen molar-refractivity contribution in [3.8, 4) is 34.1 Å². The lowest BCUT2D eigenvalue weighted by Gasteiger charge is -2.09. The normalized spacial score (nSPS) is 11.1. The van der Waals surface area contributed by atoms with Gasteiger partial charge in [-0.2, -0.15) is 5.10 Å². The number of imidazole rings is 1. The van der Waals surface area contributed by atoms with Gasteiger partial charge in [0.1, 0.15) is 11.6 Å². The van der Waals surface area contributed by atoms with Crippen LogP contribution in [0, 0.1) is 13.8 Å². The molecule has 0 aliphatic heterocycles. The third-order valence-electron chi connectivity index (χ3n) is 5.98. The molecule has 3 aromatic heterocycles. The molecular formula is C27H26N6O3. The zero-order valence-corrected chi connectivity index (χ0v) is 20.2. The summed E-state index contributed by atoms with van der Waals surface area (Å²) in [5.74, 6) is 0.890. The maximum atomic E-state index is 12.7. The number of phenolic OH excluding ortho intramolecular Hbond substituents is 1. The highest BCUT2D eigenvalue weighted by atomic mass is 16.5. The predicted molar refractivity (Wildman–Crippen MR) is 137 cm³/mol. The number of aromatic nitrogens is 5. The van der Waals surface area contributed by atoms with Crippen molar-refractivity contribution in [2.24, 2.45) is 0 Å². The number of aromatic amines is 1. The Morgan fingerprint density at radius 3 is 2.75 bits per heavy atom. The summed E-state index contributed by atoms with van der Waals surface area (Å²) in [6.45, 7) is 4.99. The maximum absolute atomic E-state index is 12.7. The third-order valence-corrected chi connectivity index (χ3v) is 5.98. The van der Waals surface area contributed by atoms with Gasteiger partial charge in [0.05, 0.1) is 35.9 Å². The summed E-state index contributed by atoms with van der Waals surface area (Å²) in [4.78, 5) is 24.9. The number of aromatic hydroxyl groups is 1. The molecule has 0 unspecified atom stereocenters. The second kappa shape index (κ2) is 9.53. The number of benzene rings is 2. The summed E-state index contributed by atoms with van der Waals surface area (Å²) in [7, 11) is 1.57. The molecule has 5 rings (SSSR count). The smallest absolute Gasteiger partial charge is 0.251 e. The first-order chi connectivity index (χ1) is 17.4. The fraction of sp³-hybridized carbons (Fsp3) is 0.185. The number of amides is 1. The molecule has 3 heterocycles. The number of phenols is 1. The first-order valence-electron chi connectivity index (χ1n) is 11.5. The van der Waals surface area contributed by atoms with Gasteiger partial charge < -0.3 is 20.1 Å². The van der Waals surface area contributed by atoms with Crippen LogP contribution in [-0.2, 0) is 6.54 Å². The van der Waals surface area contributed by atoms with Crippen LogP contribution in [-0.4, -0.2) is 49.4 Å². The number of carbonyl (C=O) groups excluding carboxylic acids is 1. The molecule has 9 heteroatoms. The number of fused-ring (bicyclic) bond motifs is 1. The summed E-state index contributed by atoms with van der Waals surface area (Å²) >= 11 is 0. The molecule has 0 saturated heterocycles. The fourth-order valence-electron chi connectivity index (χ4n) is 4.22. The Morgan fingerprint density at radius 1 is 1.11 bits per heavy atom. The van der Waals surface area contributed by atoms with Crippen molar-refractivity contribution < 1.29 is 14.6 Å². The van der Waals surface area contributed by atoms with Crippen LogP contribution in [0.3, 0.4) is 0 Å². The minimum atomic E-state index is -0.184. The first-order valence-corrected chi connectivity index (χ1v) is 11.5. The van der Waals surface area contributed by atoms with Gasteiger partial charge in [0.25, 0.3) is 5.91 Å². The Bertz CT molecular complexity index is 1570. The van der Waals surface area contributed by atoms with Gasteiger partial charge in [-0.15, -0.1) is 0 Å². The average Bonchev–Trinajstić information content (AvgIpc) is 3.45. The van der Waals surface area contributed by atoms with Crippen molar-refractivity contribution in [3.63, 3.8) is 0 Å². The largest absolute Gasteiger partial charge is 0.507 e. The number of methoxy groups -OCH3 is 1. The molecule has 36 heavy (non-hydrogen) atoms. The topological polar surface area (TPSA) is 118 Å². The molecule has 3 N–H and O–H groups in total. The monoisotopic (exact) mass is 482 g/mol. The van der Waals surface area contributed by atoms with Gasteiger partial charge in [-0.05, 0) is 67.9 Å². The highest BCUT2D eigenvalue weighted by Crippen LogP contribution is 2.35. The second-order valence-electron chi connectivity index (χ2n) is 8.52. The van der Waals surface area contributed by atoms with Gasteiger partial charge in [0.2, 0.25) is 5.88 Å². The molecule has 5 aromatic rings. The Balaban J connectivity index is 1.38. The van der Waals surface area contributed by atoms with E-state index in [0.717, 1.165) is 28.0 Å².